The minimum absolute atomic E-state index is 0.185. The van der Waals surface area contributed by atoms with E-state index in [1.54, 1.807) is 47.3 Å². The van der Waals surface area contributed by atoms with Crippen molar-refractivity contribution in [1.82, 2.24) is 19.5 Å². The normalized spacial score (nSPS) is 23.9. The van der Waals surface area contributed by atoms with Crippen molar-refractivity contribution >= 4 is 23.0 Å². The number of carbonyl (C=O) groups excluding carboxylic acids is 1. The van der Waals surface area contributed by atoms with Gasteiger partial charge in [0.2, 0.25) is 0 Å². The third-order valence-electron chi connectivity index (χ3n) is 6.54. The Morgan fingerprint density at radius 2 is 1.82 bits per heavy atom. The molecule has 2 aromatic heterocycles. The minimum Gasteiger partial charge on any atom is -0.423 e. The van der Waals surface area contributed by atoms with E-state index in [0.29, 0.717) is 34.8 Å². The molecule has 2 aliphatic heterocycles. The Bertz CT molecular complexity index is 1440. The minimum atomic E-state index is -0.779. The second-order valence-electron chi connectivity index (χ2n) is 9.61. The molecule has 4 atom stereocenters. The number of carbonyl (C=O) groups is 1. The summed E-state index contributed by atoms with van der Waals surface area (Å²) in [5.74, 6) is -0.164. The van der Waals surface area contributed by atoms with Crippen LogP contribution in [0.5, 0.6) is 5.75 Å². The van der Waals surface area contributed by atoms with Gasteiger partial charge >= 0.3 is 5.97 Å². The van der Waals surface area contributed by atoms with Crippen LogP contribution in [-0.4, -0.2) is 61.3 Å². The smallest absolute Gasteiger partial charge is 0.343 e. The number of hydrogen-bond acceptors (Lipinski definition) is 10. The number of anilines is 1. The number of hydrogen-bond donors (Lipinski definition) is 2. The summed E-state index contributed by atoms with van der Waals surface area (Å²) < 4.78 is 25.4. The van der Waals surface area contributed by atoms with Crippen LogP contribution in [-0.2, 0) is 20.8 Å². The first kappa shape index (κ1) is 24.4. The van der Waals surface area contributed by atoms with E-state index in [2.05, 4.69) is 20.3 Å². The first-order valence-corrected chi connectivity index (χ1v) is 12.3. The molecule has 11 heteroatoms. The lowest BCUT2D eigenvalue weighted by Crippen LogP contribution is -2.31. The molecule has 38 heavy (non-hydrogen) atoms. The lowest BCUT2D eigenvalue weighted by molar-refractivity contribution is -0.199. The molecule has 4 aromatic rings. The maximum atomic E-state index is 12.3. The van der Waals surface area contributed by atoms with Gasteiger partial charge in [0.05, 0.1) is 18.5 Å². The number of aromatic nitrogens is 4. The molecule has 2 aliphatic rings. The highest BCUT2D eigenvalue weighted by Gasteiger charge is 2.56. The first-order valence-electron chi connectivity index (χ1n) is 12.3. The molecule has 2 N–H and O–H groups in total. The van der Waals surface area contributed by atoms with Crippen molar-refractivity contribution in [1.29, 1.82) is 0 Å². The van der Waals surface area contributed by atoms with Crippen LogP contribution in [0.3, 0.4) is 0 Å². The number of aliphatic hydroxyl groups excluding tert-OH is 1. The number of fused-ring (bicyclic) bond motifs is 2. The topological polar surface area (TPSA) is 130 Å². The zero-order chi connectivity index (χ0) is 26.3. The van der Waals surface area contributed by atoms with E-state index in [1.807, 2.05) is 32.0 Å². The highest BCUT2D eigenvalue weighted by Crippen LogP contribution is 2.43. The van der Waals surface area contributed by atoms with Gasteiger partial charge in [0.25, 0.3) is 0 Å². The quantitative estimate of drug-likeness (QED) is 0.279. The van der Waals surface area contributed by atoms with Gasteiger partial charge in [-0.05, 0) is 43.7 Å². The predicted molar refractivity (Wildman–Crippen MR) is 135 cm³/mol. The molecule has 4 heterocycles. The van der Waals surface area contributed by atoms with Gasteiger partial charge in [-0.25, -0.2) is 19.7 Å². The van der Waals surface area contributed by atoms with Crippen LogP contribution in [0.1, 0.15) is 36.0 Å². The molecule has 11 nitrogen and oxygen atoms in total. The van der Waals surface area contributed by atoms with Crippen molar-refractivity contribution in [2.24, 2.45) is 0 Å². The summed E-state index contributed by atoms with van der Waals surface area (Å²) in [7, 11) is 0. The summed E-state index contributed by atoms with van der Waals surface area (Å²) in [6.07, 6.45) is 1.21. The summed E-state index contributed by atoms with van der Waals surface area (Å²) in [5, 5.41) is 13.1. The van der Waals surface area contributed by atoms with Gasteiger partial charge in [-0.15, -0.1) is 0 Å². The van der Waals surface area contributed by atoms with Crippen molar-refractivity contribution < 1.29 is 28.8 Å². The summed E-state index contributed by atoms with van der Waals surface area (Å²) in [6, 6.07) is 16.1. The van der Waals surface area contributed by atoms with Crippen molar-refractivity contribution in [3.05, 3.63) is 78.4 Å². The lowest BCUT2D eigenvalue weighted by Gasteiger charge is -2.24. The summed E-state index contributed by atoms with van der Waals surface area (Å²) in [4.78, 5) is 25.6. The van der Waals surface area contributed by atoms with Crippen LogP contribution in [0.2, 0.25) is 0 Å². The standard InChI is InChI=1S/C27H27N5O6/c1-27(2)37-21-19(13-33)36-25(22(21)38-27)32-15-31-20-23(29-14-30-24(20)32)28-12-16-8-10-18(11-9-16)35-26(34)17-6-4-3-5-7-17/h3-11,14-15,19,21-22,25,33H,12-13H2,1-2H3,(H,28,29,30)/t19-,21?,22?,25-/m1/s1. The largest absolute Gasteiger partial charge is 0.423 e. The number of benzene rings is 2. The Morgan fingerprint density at radius 3 is 2.58 bits per heavy atom. The summed E-state index contributed by atoms with van der Waals surface area (Å²) in [5.41, 5.74) is 2.60. The van der Waals surface area contributed by atoms with Gasteiger partial charge in [0.1, 0.15) is 30.4 Å². The van der Waals surface area contributed by atoms with Crippen LogP contribution in [0.25, 0.3) is 11.2 Å². The molecule has 2 aromatic carbocycles. The van der Waals surface area contributed by atoms with Crippen molar-refractivity contribution in [3.63, 3.8) is 0 Å². The van der Waals surface area contributed by atoms with Crippen LogP contribution >= 0.6 is 0 Å². The van der Waals surface area contributed by atoms with E-state index >= 15 is 0 Å². The van der Waals surface area contributed by atoms with Gasteiger partial charge in [-0.2, -0.15) is 0 Å². The molecular formula is C27H27N5O6. The average Bonchev–Trinajstić information content (AvgIpc) is 3.59. The Kier molecular flexibility index (Phi) is 6.28. The molecule has 2 unspecified atom stereocenters. The fraction of sp³-hybridized carbons (Fsp3) is 0.333. The third kappa shape index (κ3) is 4.61. The Hall–Kier alpha value is -3.90. The fourth-order valence-electron chi connectivity index (χ4n) is 4.80. The maximum Gasteiger partial charge on any atom is 0.343 e. The maximum absolute atomic E-state index is 12.3. The molecule has 196 valence electrons. The predicted octanol–water partition coefficient (Wildman–Crippen LogP) is 3.07. The molecule has 2 saturated heterocycles. The van der Waals surface area contributed by atoms with Crippen LogP contribution in [0.15, 0.2) is 67.3 Å². The highest BCUT2D eigenvalue weighted by atomic mass is 16.8. The van der Waals surface area contributed by atoms with Crippen LogP contribution < -0.4 is 10.1 Å². The Morgan fingerprint density at radius 1 is 1.05 bits per heavy atom. The lowest BCUT2D eigenvalue weighted by atomic mass is 10.1. The first-order chi connectivity index (χ1) is 18.4. The van der Waals surface area contributed by atoms with E-state index in [0.717, 1.165) is 5.56 Å². The molecule has 6 rings (SSSR count). The number of aliphatic hydroxyl groups is 1. The molecule has 2 fully saturated rings. The second-order valence-corrected chi connectivity index (χ2v) is 9.61. The molecule has 0 radical (unpaired) electrons. The highest BCUT2D eigenvalue weighted by molar-refractivity contribution is 5.91. The number of esters is 1. The van der Waals surface area contributed by atoms with Crippen LogP contribution in [0, 0.1) is 0 Å². The molecule has 0 bridgehead atoms. The number of rotatable bonds is 7. The van der Waals surface area contributed by atoms with Crippen molar-refractivity contribution in [2.45, 2.75) is 50.7 Å². The second kappa shape index (κ2) is 9.76. The van der Waals surface area contributed by atoms with Gasteiger partial charge < -0.3 is 29.4 Å². The molecule has 0 spiro atoms. The number of nitrogens with one attached hydrogen (secondary N) is 1. The monoisotopic (exact) mass is 517 g/mol. The van der Waals surface area contributed by atoms with E-state index in [-0.39, 0.29) is 6.61 Å². The molecule has 0 aliphatic carbocycles. The van der Waals surface area contributed by atoms with E-state index < -0.39 is 36.3 Å². The molecule has 0 saturated carbocycles. The van der Waals surface area contributed by atoms with Gasteiger partial charge in [0, 0.05) is 6.54 Å². The van der Waals surface area contributed by atoms with Gasteiger partial charge in [0.15, 0.2) is 29.0 Å². The van der Waals surface area contributed by atoms with E-state index in [4.69, 9.17) is 18.9 Å². The number of ether oxygens (including phenoxy) is 4. The van der Waals surface area contributed by atoms with Gasteiger partial charge in [-0.3, -0.25) is 4.57 Å². The zero-order valence-electron chi connectivity index (χ0n) is 20.9. The van der Waals surface area contributed by atoms with Crippen molar-refractivity contribution in [2.75, 3.05) is 11.9 Å². The average molecular weight is 518 g/mol. The SMILES string of the molecule is CC1(C)OC2C(O1)[C@@H](CO)O[C@H]2n1cnc2c(NCc3ccc(OC(=O)c4ccccc4)cc3)ncnc21. The van der Waals surface area contributed by atoms with Crippen LogP contribution in [0.4, 0.5) is 5.82 Å². The van der Waals surface area contributed by atoms with Gasteiger partial charge in [-0.1, -0.05) is 30.3 Å². The summed E-state index contributed by atoms with van der Waals surface area (Å²) in [6.45, 7) is 3.96. The Balaban J connectivity index is 1.15. The molecular weight excluding hydrogens is 490 g/mol. The van der Waals surface area contributed by atoms with E-state index in [9.17, 15) is 9.90 Å². The van der Waals surface area contributed by atoms with Crippen molar-refractivity contribution in [3.8, 4) is 5.75 Å². The third-order valence-corrected chi connectivity index (χ3v) is 6.54. The van der Waals surface area contributed by atoms with E-state index in [1.165, 1.54) is 6.33 Å². The number of imidazole rings is 1. The summed E-state index contributed by atoms with van der Waals surface area (Å²) >= 11 is 0. The molecule has 0 amide bonds. The number of nitrogens with zero attached hydrogens (tertiary/aromatic N) is 4. The zero-order valence-corrected chi connectivity index (χ0v) is 20.9. The Labute approximate surface area is 218 Å². The fourth-order valence-corrected chi connectivity index (χ4v) is 4.80.